The van der Waals surface area contributed by atoms with Crippen molar-refractivity contribution in [3.05, 3.63) is 36.9 Å². The van der Waals surface area contributed by atoms with Crippen LogP contribution in [0.2, 0.25) is 0 Å². The molecule has 0 spiro atoms. The van der Waals surface area contributed by atoms with Crippen LogP contribution < -0.4 is 9.46 Å². The standard InChI is InChI=1S/C15H23NO3S/c1-7-15(5,6)19-12-8-10-13(11-9-12)20(17,18)16-14(2,3)4/h7-11,16H,1H2,2-6H3. The maximum atomic E-state index is 12.1. The minimum atomic E-state index is -3.51. The zero-order valence-corrected chi connectivity index (χ0v) is 13.5. The lowest BCUT2D eigenvalue weighted by Gasteiger charge is -2.23. The molecule has 1 rings (SSSR count). The van der Waals surface area contributed by atoms with E-state index >= 15 is 0 Å². The normalized spacial score (nSPS) is 13.1. The van der Waals surface area contributed by atoms with E-state index in [-0.39, 0.29) is 4.90 Å². The molecule has 0 amide bonds. The van der Waals surface area contributed by atoms with Gasteiger partial charge in [-0.15, -0.1) is 0 Å². The molecular formula is C15H23NO3S. The molecule has 0 atom stereocenters. The van der Waals surface area contributed by atoms with Gasteiger partial charge < -0.3 is 4.74 Å². The molecule has 0 saturated carbocycles. The summed E-state index contributed by atoms with van der Waals surface area (Å²) in [6.45, 7) is 12.9. The van der Waals surface area contributed by atoms with Gasteiger partial charge in [-0.1, -0.05) is 6.58 Å². The average Bonchev–Trinajstić information content (AvgIpc) is 2.26. The third kappa shape index (κ3) is 4.98. The van der Waals surface area contributed by atoms with Gasteiger partial charge in [0, 0.05) is 5.54 Å². The Morgan fingerprint density at radius 1 is 1.10 bits per heavy atom. The molecule has 5 heteroatoms. The summed E-state index contributed by atoms with van der Waals surface area (Å²) in [6.07, 6.45) is 1.69. The van der Waals surface area contributed by atoms with Crippen LogP contribution in [0.5, 0.6) is 5.75 Å². The molecule has 0 radical (unpaired) electrons. The van der Waals surface area contributed by atoms with Gasteiger partial charge in [0.05, 0.1) is 4.90 Å². The molecule has 0 bridgehead atoms. The van der Waals surface area contributed by atoms with Crippen molar-refractivity contribution in [3.8, 4) is 5.75 Å². The van der Waals surface area contributed by atoms with Crippen molar-refractivity contribution in [1.82, 2.24) is 4.72 Å². The van der Waals surface area contributed by atoms with Crippen LogP contribution >= 0.6 is 0 Å². The average molecular weight is 297 g/mol. The molecule has 0 aromatic heterocycles. The molecule has 0 aliphatic carbocycles. The first-order valence-electron chi connectivity index (χ1n) is 6.42. The number of hydrogen-bond acceptors (Lipinski definition) is 3. The van der Waals surface area contributed by atoms with Gasteiger partial charge in [-0.05, 0) is 65.0 Å². The Balaban J connectivity index is 2.95. The fourth-order valence-electron chi connectivity index (χ4n) is 1.49. The Kier molecular flexibility index (Phi) is 4.66. The molecule has 1 aromatic carbocycles. The Morgan fingerprint density at radius 3 is 2.00 bits per heavy atom. The molecule has 0 heterocycles. The van der Waals surface area contributed by atoms with Crippen molar-refractivity contribution in [3.63, 3.8) is 0 Å². The summed E-state index contributed by atoms with van der Waals surface area (Å²) in [7, 11) is -3.51. The number of nitrogens with one attached hydrogen (secondary N) is 1. The smallest absolute Gasteiger partial charge is 0.241 e. The van der Waals surface area contributed by atoms with Gasteiger partial charge in [-0.3, -0.25) is 0 Å². The van der Waals surface area contributed by atoms with Crippen molar-refractivity contribution in [1.29, 1.82) is 0 Å². The largest absolute Gasteiger partial charge is 0.484 e. The van der Waals surface area contributed by atoms with E-state index in [1.54, 1.807) is 39.0 Å². The lowest BCUT2D eigenvalue weighted by atomic mass is 10.1. The predicted molar refractivity (Wildman–Crippen MR) is 81.4 cm³/mol. The van der Waals surface area contributed by atoms with Gasteiger partial charge in [-0.25, -0.2) is 13.1 Å². The summed E-state index contributed by atoms with van der Waals surface area (Å²) in [5, 5.41) is 0. The second-order valence-electron chi connectivity index (χ2n) is 6.24. The van der Waals surface area contributed by atoms with Crippen molar-refractivity contribution in [2.24, 2.45) is 0 Å². The highest BCUT2D eigenvalue weighted by Crippen LogP contribution is 2.21. The zero-order valence-electron chi connectivity index (χ0n) is 12.7. The minimum absolute atomic E-state index is 0.219. The highest BCUT2D eigenvalue weighted by atomic mass is 32.2. The highest BCUT2D eigenvalue weighted by Gasteiger charge is 2.22. The first-order valence-corrected chi connectivity index (χ1v) is 7.90. The lowest BCUT2D eigenvalue weighted by molar-refractivity contribution is 0.162. The van der Waals surface area contributed by atoms with Crippen LogP contribution in [0.3, 0.4) is 0 Å². The second-order valence-corrected chi connectivity index (χ2v) is 7.92. The van der Waals surface area contributed by atoms with Gasteiger partial charge in [0.2, 0.25) is 10.0 Å². The minimum Gasteiger partial charge on any atom is -0.484 e. The summed E-state index contributed by atoms with van der Waals surface area (Å²) >= 11 is 0. The van der Waals surface area contributed by atoms with Crippen molar-refractivity contribution in [2.75, 3.05) is 0 Å². The van der Waals surface area contributed by atoms with E-state index in [1.807, 2.05) is 13.8 Å². The maximum Gasteiger partial charge on any atom is 0.241 e. The molecule has 0 aliphatic rings. The van der Waals surface area contributed by atoms with Gasteiger partial charge in [0.15, 0.2) is 0 Å². The lowest BCUT2D eigenvalue weighted by Crippen LogP contribution is -2.40. The zero-order chi connectivity index (χ0) is 15.6. The monoisotopic (exact) mass is 297 g/mol. The SMILES string of the molecule is C=CC(C)(C)Oc1ccc(S(=O)(=O)NC(C)(C)C)cc1. The summed E-state index contributed by atoms with van der Waals surface area (Å²) in [6, 6.07) is 6.34. The Hall–Kier alpha value is -1.33. The Labute approximate surface area is 121 Å². The maximum absolute atomic E-state index is 12.1. The van der Waals surface area contributed by atoms with Crippen LogP contribution in [0.1, 0.15) is 34.6 Å². The van der Waals surface area contributed by atoms with Crippen molar-refractivity contribution >= 4 is 10.0 Å². The molecule has 1 aromatic rings. The molecule has 4 nitrogen and oxygen atoms in total. The van der Waals surface area contributed by atoms with Gasteiger partial charge in [0.25, 0.3) is 0 Å². The van der Waals surface area contributed by atoms with E-state index in [4.69, 9.17) is 4.74 Å². The van der Waals surface area contributed by atoms with Crippen molar-refractivity contribution < 1.29 is 13.2 Å². The number of benzene rings is 1. The molecule has 1 N–H and O–H groups in total. The van der Waals surface area contributed by atoms with E-state index < -0.39 is 21.2 Å². The number of sulfonamides is 1. The fraction of sp³-hybridized carbons (Fsp3) is 0.467. The van der Waals surface area contributed by atoms with Crippen molar-refractivity contribution in [2.45, 2.75) is 50.7 Å². The molecule has 112 valence electrons. The number of hydrogen-bond donors (Lipinski definition) is 1. The van der Waals surface area contributed by atoms with E-state index in [0.29, 0.717) is 5.75 Å². The van der Waals surface area contributed by atoms with Gasteiger partial charge in [-0.2, -0.15) is 0 Å². The highest BCUT2D eigenvalue weighted by molar-refractivity contribution is 7.89. The molecular weight excluding hydrogens is 274 g/mol. The molecule has 0 saturated heterocycles. The quantitative estimate of drug-likeness (QED) is 0.850. The van der Waals surface area contributed by atoms with E-state index in [2.05, 4.69) is 11.3 Å². The van der Waals surface area contributed by atoms with Crippen LogP contribution in [-0.2, 0) is 10.0 Å². The third-order valence-electron chi connectivity index (χ3n) is 2.45. The van der Waals surface area contributed by atoms with E-state index in [9.17, 15) is 8.42 Å². The predicted octanol–water partition coefficient (Wildman–Crippen LogP) is 3.11. The third-order valence-corrected chi connectivity index (χ3v) is 4.22. The van der Waals surface area contributed by atoms with Crippen LogP contribution in [0.25, 0.3) is 0 Å². The molecule has 0 fully saturated rings. The van der Waals surface area contributed by atoms with E-state index in [0.717, 1.165) is 0 Å². The second kappa shape index (κ2) is 5.58. The summed E-state index contributed by atoms with van der Waals surface area (Å²) in [5.41, 5.74) is -1.01. The Morgan fingerprint density at radius 2 is 1.60 bits per heavy atom. The summed E-state index contributed by atoms with van der Waals surface area (Å²) in [5.74, 6) is 0.601. The number of ether oxygens (including phenoxy) is 1. The fourth-order valence-corrected chi connectivity index (χ4v) is 2.91. The Bertz CT molecular complexity index is 566. The molecule has 0 unspecified atom stereocenters. The molecule has 20 heavy (non-hydrogen) atoms. The van der Waals surface area contributed by atoms with Crippen LogP contribution in [0.15, 0.2) is 41.8 Å². The molecule has 0 aliphatic heterocycles. The van der Waals surface area contributed by atoms with Crippen LogP contribution in [-0.4, -0.2) is 19.6 Å². The first-order chi connectivity index (χ1) is 8.95. The summed E-state index contributed by atoms with van der Waals surface area (Å²) in [4.78, 5) is 0.219. The van der Waals surface area contributed by atoms with Gasteiger partial charge >= 0.3 is 0 Å². The van der Waals surface area contributed by atoms with E-state index in [1.165, 1.54) is 12.1 Å². The first kappa shape index (κ1) is 16.7. The summed E-state index contributed by atoms with van der Waals surface area (Å²) < 4.78 is 32.6. The van der Waals surface area contributed by atoms with Crippen LogP contribution in [0.4, 0.5) is 0 Å². The van der Waals surface area contributed by atoms with Gasteiger partial charge in [0.1, 0.15) is 11.4 Å². The van der Waals surface area contributed by atoms with Crippen LogP contribution in [0, 0.1) is 0 Å². The number of rotatable bonds is 5. The topological polar surface area (TPSA) is 55.4 Å².